The standard InChI is InChI=1S/C38H43N3O3/c1-5-25-6-10-27(11-7-25)28-14-16-29(17-15-28)32-23-39-35(40-24-32)30-12-8-26(9-13-30)22-34(37(43)44)41-36(42)31-18-20-33(21-19-31)38(2,3)4/h8-9,12-21,23-25,27,34H,5-7,10-11,22H2,1-4H3,(H,41,42)(H,43,44)/t25-,27-,34-/m0/s1. The summed E-state index contributed by atoms with van der Waals surface area (Å²) in [5, 5.41) is 12.5. The molecule has 1 heterocycles. The van der Waals surface area contributed by atoms with Crippen LogP contribution in [0.3, 0.4) is 0 Å². The molecule has 6 heteroatoms. The summed E-state index contributed by atoms with van der Waals surface area (Å²) >= 11 is 0. The molecule has 1 atom stereocenters. The third-order valence-electron chi connectivity index (χ3n) is 9.06. The third-order valence-corrected chi connectivity index (χ3v) is 9.06. The maximum atomic E-state index is 12.8. The molecule has 1 fully saturated rings. The van der Waals surface area contributed by atoms with Gasteiger partial charge in [-0.25, -0.2) is 14.8 Å². The maximum Gasteiger partial charge on any atom is 0.326 e. The fourth-order valence-electron chi connectivity index (χ4n) is 6.07. The fraction of sp³-hybridized carbons (Fsp3) is 0.368. The Morgan fingerprint density at radius 1 is 0.818 bits per heavy atom. The molecule has 0 saturated heterocycles. The number of aliphatic carboxylic acids is 1. The lowest BCUT2D eigenvalue weighted by Gasteiger charge is -2.28. The first-order valence-corrected chi connectivity index (χ1v) is 15.8. The van der Waals surface area contributed by atoms with Crippen molar-refractivity contribution in [3.63, 3.8) is 0 Å². The summed E-state index contributed by atoms with van der Waals surface area (Å²) in [6.07, 6.45) is 10.4. The second kappa shape index (κ2) is 13.5. The van der Waals surface area contributed by atoms with E-state index in [0.29, 0.717) is 17.3 Å². The molecule has 0 bridgehead atoms. The number of benzene rings is 3. The van der Waals surface area contributed by atoms with Gasteiger partial charge in [-0.2, -0.15) is 0 Å². The second-order valence-corrected chi connectivity index (χ2v) is 13.1. The van der Waals surface area contributed by atoms with Gasteiger partial charge in [-0.15, -0.1) is 0 Å². The number of nitrogens with zero attached hydrogens (tertiary/aromatic N) is 2. The highest BCUT2D eigenvalue weighted by atomic mass is 16.4. The monoisotopic (exact) mass is 589 g/mol. The van der Waals surface area contributed by atoms with E-state index in [2.05, 4.69) is 67.2 Å². The first-order chi connectivity index (χ1) is 21.1. The van der Waals surface area contributed by atoms with Gasteiger partial charge in [0.1, 0.15) is 6.04 Å². The topological polar surface area (TPSA) is 92.2 Å². The molecule has 5 rings (SSSR count). The Bertz CT molecular complexity index is 1550. The Morgan fingerprint density at radius 2 is 1.41 bits per heavy atom. The first kappa shape index (κ1) is 31.1. The van der Waals surface area contributed by atoms with Crippen molar-refractivity contribution in [2.24, 2.45) is 5.92 Å². The van der Waals surface area contributed by atoms with Crippen molar-refractivity contribution < 1.29 is 14.7 Å². The quantitative estimate of drug-likeness (QED) is 0.205. The van der Waals surface area contributed by atoms with Gasteiger partial charge < -0.3 is 10.4 Å². The Labute approximate surface area is 261 Å². The summed E-state index contributed by atoms with van der Waals surface area (Å²) in [4.78, 5) is 34.0. The predicted octanol–water partition coefficient (Wildman–Crippen LogP) is 8.22. The predicted molar refractivity (Wildman–Crippen MR) is 176 cm³/mol. The number of hydrogen-bond donors (Lipinski definition) is 2. The van der Waals surface area contributed by atoms with Crippen LogP contribution in [0.15, 0.2) is 85.2 Å². The molecular formula is C38H43N3O3. The normalized spacial score (nSPS) is 17.5. The van der Waals surface area contributed by atoms with Crippen LogP contribution in [0.5, 0.6) is 0 Å². The lowest BCUT2D eigenvalue weighted by molar-refractivity contribution is -0.139. The summed E-state index contributed by atoms with van der Waals surface area (Å²) < 4.78 is 0. The van der Waals surface area contributed by atoms with Crippen LogP contribution < -0.4 is 5.32 Å². The van der Waals surface area contributed by atoms with E-state index in [-0.39, 0.29) is 11.8 Å². The van der Waals surface area contributed by atoms with Gasteiger partial charge in [0.25, 0.3) is 5.91 Å². The minimum atomic E-state index is -1.08. The van der Waals surface area contributed by atoms with Crippen molar-refractivity contribution in [2.75, 3.05) is 0 Å². The average molecular weight is 590 g/mol. The van der Waals surface area contributed by atoms with Crippen LogP contribution in [0.1, 0.15) is 92.8 Å². The van der Waals surface area contributed by atoms with E-state index >= 15 is 0 Å². The zero-order chi connectivity index (χ0) is 31.3. The van der Waals surface area contributed by atoms with Crippen molar-refractivity contribution in [1.29, 1.82) is 0 Å². The van der Waals surface area contributed by atoms with Crippen LogP contribution >= 0.6 is 0 Å². The number of nitrogens with one attached hydrogen (secondary N) is 1. The lowest BCUT2D eigenvalue weighted by atomic mass is 9.78. The Morgan fingerprint density at radius 3 is 1.95 bits per heavy atom. The molecule has 44 heavy (non-hydrogen) atoms. The Kier molecular flexibility index (Phi) is 9.58. The number of rotatable bonds is 9. The first-order valence-electron chi connectivity index (χ1n) is 15.8. The zero-order valence-electron chi connectivity index (χ0n) is 26.2. The minimum absolute atomic E-state index is 0.0308. The van der Waals surface area contributed by atoms with Crippen LogP contribution in [-0.4, -0.2) is 33.0 Å². The summed E-state index contributed by atoms with van der Waals surface area (Å²) in [7, 11) is 0. The van der Waals surface area contributed by atoms with E-state index in [1.165, 1.54) is 37.7 Å². The van der Waals surface area contributed by atoms with Gasteiger partial charge in [0.05, 0.1) is 0 Å². The summed E-state index contributed by atoms with van der Waals surface area (Å²) in [6, 6.07) is 22.6. The van der Waals surface area contributed by atoms with Crippen LogP contribution in [0.25, 0.3) is 22.5 Å². The van der Waals surface area contributed by atoms with Gasteiger partial charge in [-0.05, 0) is 77.3 Å². The average Bonchev–Trinajstić information content (AvgIpc) is 3.04. The van der Waals surface area contributed by atoms with Crippen LogP contribution in [0, 0.1) is 5.92 Å². The highest BCUT2D eigenvalue weighted by Gasteiger charge is 2.23. The molecule has 0 aliphatic heterocycles. The third kappa shape index (κ3) is 7.60. The van der Waals surface area contributed by atoms with Gasteiger partial charge in [-0.1, -0.05) is 94.8 Å². The molecule has 1 aliphatic rings. The number of hydrogen-bond acceptors (Lipinski definition) is 4. The highest BCUT2D eigenvalue weighted by molar-refractivity contribution is 5.96. The molecule has 0 unspecified atom stereocenters. The van der Waals surface area contributed by atoms with E-state index in [1.54, 1.807) is 12.1 Å². The van der Waals surface area contributed by atoms with Crippen molar-refractivity contribution in [3.8, 4) is 22.5 Å². The second-order valence-electron chi connectivity index (χ2n) is 13.1. The number of carbonyl (C=O) groups excluding carboxylic acids is 1. The van der Waals surface area contributed by atoms with Gasteiger partial charge >= 0.3 is 5.97 Å². The molecule has 0 spiro atoms. The van der Waals surface area contributed by atoms with Crippen LogP contribution in [0.4, 0.5) is 0 Å². The highest BCUT2D eigenvalue weighted by Crippen LogP contribution is 2.37. The van der Waals surface area contributed by atoms with E-state index in [1.807, 2.05) is 48.8 Å². The number of carbonyl (C=O) groups is 2. The molecule has 1 aromatic heterocycles. The molecule has 2 N–H and O–H groups in total. The molecular weight excluding hydrogens is 546 g/mol. The molecule has 0 radical (unpaired) electrons. The minimum Gasteiger partial charge on any atom is -0.480 e. The van der Waals surface area contributed by atoms with E-state index < -0.39 is 17.9 Å². The Balaban J connectivity index is 1.19. The van der Waals surface area contributed by atoms with E-state index in [4.69, 9.17) is 0 Å². The van der Waals surface area contributed by atoms with Gasteiger partial charge in [0, 0.05) is 35.5 Å². The van der Waals surface area contributed by atoms with Crippen molar-refractivity contribution in [3.05, 3.63) is 107 Å². The smallest absolute Gasteiger partial charge is 0.326 e. The molecule has 6 nitrogen and oxygen atoms in total. The fourth-order valence-corrected chi connectivity index (χ4v) is 6.07. The molecule has 228 valence electrons. The van der Waals surface area contributed by atoms with Gasteiger partial charge in [0.2, 0.25) is 0 Å². The largest absolute Gasteiger partial charge is 0.480 e. The van der Waals surface area contributed by atoms with Crippen LogP contribution in [-0.2, 0) is 16.6 Å². The van der Waals surface area contributed by atoms with E-state index in [9.17, 15) is 14.7 Å². The van der Waals surface area contributed by atoms with Crippen molar-refractivity contribution in [1.82, 2.24) is 15.3 Å². The van der Waals surface area contributed by atoms with E-state index in [0.717, 1.165) is 33.7 Å². The number of carboxylic acids is 1. The van der Waals surface area contributed by atoms with Crippen molar-refractivity contribution >= 4 is 11.9 Å². The zero-order valence-corrected chi connectivity index (χ0v) is 26.2. The summed E-state index contributed by atoms with van der Waals surface area (Å²) in [6.45, 7) is 8.61. The molecule has 1 saturated carbocycles. The number of carboxylic acid groups (broad SMARTS) is 1. The molecule has 4 aromatic rings. The molecule has 1 amide bonds. The number of aromatic nitrogens is 2. The molecule has 1 aliphatic carbocycles. The van der Waals surface area contributed by atoms with Gasteiger partial charge in [0.15, 0.2) is 5.82 Å². The lowest BCUT2D eigenvalue weighted by Crippen LogP contribution is -2.42. The maximum absolute atomic E-state index is 12.8. The summed E-state index contributed by atoms with van der Waals surface area (Å²) in [5.74, 6) is 0.683. The van der Waals surface area contributed by atoms with Gasteiger partial charge in [-0.3, -0.25) is 4.79 Å². The SMILES string of the molecule is CC[C@H]1CC[C@H](c2ccc(-c3cnc(-c4ccc(C[C@H](NC(=O)c5ccc(C(C)(C)C)cc5)C(=O)O)cc4)nc3)cc2)CC1. The summed E-state index contributed by atoms with van der Waals surface area (Å²) in [5.41, 5.74) is 6.65. The Hall–Kier alpha value is -4.32. The van der Waals surface area contributed by atoms with Crippen LogP contribution in [0.2, 0.25) is 0 Å². The van der Waals surface area contributed by atoms with Crippen molar-refractivity contribution in [2.45, 2.75) is 83.6 Å². The molecule has 3 aromatic carbocycles. The number of amides is 1.